The number of benzene rings is 1. The summed E-state index contributed by atoms with van der Waals surface area (Å²) in [5.74, 6) is 0.0786. The number of amidine groups is 1. The van der Waals surface area contributed by atoms with Gasteiger partial charge in [0.05, 0.1) is 0 Å². The van der Waals surface area contributed by atoms with Crippen LogP contribution in [-0.2, 0) is 0 Å². The van der Waals surface area contributed by atoms with E-state index in [1.165, 1.54) is 11.8 Å². The highest BCUT2D eigenvalue weighted by Gasteiger charge is 2.08. The second kappa shape index (κ2) is 5.88. The highest BCUT2D eigenvalue weighted by molar-refractivity contribution is 9.10. The lowest BCUT2D eigenvalue weighted by molar-refractivity contribution is 0.318. The van der Waals surface area contributed by atoms with E-state index in [0.29, 0.717) is 5.56 Å². The van der Waals surface area contributed by atoms with Gasteiger partial charge in [0.1, 0.15) is 0 Å². The number of nitrogens with two attached hydrogens (primary N) is 1. The maximum absolute atomic E-state index is 8.75. The van der Waals surface area contributed by atoms with Crippen molar-refractivity contribution in [3.63, 3.8) is 0 Å². The molecule has 0 bridgehead atoms. The number of halogens is 1. The van der Waals surface area contributed by atoms with Gasteiger partial charge in [0.15, 0.2) is 5.84 Å². The fourth-order valence-corrected chi connectivity index (χ4v) is 2.92. The molecular formula is C12H10BrN3OS. The molecule has 0 fully saturated rings. The molecule has 0 spiro atoms. The Balaban J connectivity index is 2.35. The van der Waals surface area contributed by atoms with Crippen LogP contribution >= 0.6 is 27.7 Å². The summed E-state index contributed by atoms with van der Waals surface area (Å²) in [4.78, 5) is 5.94. The Morgan fingerprint density at radius 2 is 2.22 bits per heavy atom. The van der Waals surface area contributed by atoms with Crippen LogP contribution in [0.5, 0.6) is 0 Å². The van der Waals surface area contributed by atoms with Crippen molar-refractivity contribution in [2.75, 3.05) is 0 Å². The van der Waals surface area contributed by atoms with Crippen LogP contribution in [0, 0.1) is 0 Å². The fraction of sp³-hybridized carbons (Fsp3) is 0. The van der Waals surface area contributed by atoms with Gasteiger partial charge >= 0.3 is 0 Å². The van der Waals surface area contributed by atoms with Crippen molar-refractivity contribution in [1.82, 2.24) is 4.98 Å². The van der Waals surface area contributed by atoms with Crippen LogP contribution in [0.3, 0.4) is 0 Å². The number of hydrogen-bond acceptors (Lipinski definition) is 4. The Morgan fingerprint density at radius 1 is 1.39 bits per heavy atom. The van der Waals surface area contributed by atoms with Gasteiger partial charge in [0.2, 0.25) is 0 Å². The molecule has 1 aromatic heterocycles. The number of nitrogens with zero attached hydrogens (tertiary/aromatic N) is 2. The summed E-state index contributed by atoms with van der Waals surface area (Å²) in [6.45, 7) is 0. The highest BCUT2D eigenvalue weighted by Crippen LogP contribution is 2.31. The van der Waals surface area contributed by atoms with Gasteiger partial charge in [-0.2, -0.15) is 0 Å². The third kappa shape index (κ3) is 3.02. The van der Waals surface area contributed by atoms with Crippen LogP contribution in [0.4, 0.5) is 0 Å². The summed E-state index contributed by atoms with van der Waals surface area (Å²) >= 11 is 4.93. The molecule has 0 aliphatic heterocycles. The summed E-state index contributed by atoms with van der Waals surface area (Å²) in [7, 11) is 0. The highest BCUT2D eigenvalue weighted by atomic mass is 79.9. The van der Waals surface area contributed by atoms with E-state index in [1.54, 1.807) is 18.5 Å². The zero-order valence-corrected chi connectivity index (χ0v) is 11.6. The lowest BCUT2D eigenvalue weighted by Crippen LogP contribution is -2.14. The van der Waals surface area contributed by atoms with Gasteiger partial charge in [0, 0.05) is 32.2 Å². The largest absolute Gasteiger partial charge is 0.409 e. The van der Waals surface area contributed by atoms with E-state index >= 15 is 0 Å². The van der Waals surface area contributed by atoms with Crippen LogP contribution in [0.25, 0.3) is 0 Å². The fourth-order valence-electron chi connectivity index (χ4n) is 1.38. The van der Waals surface area contributed by atoms with E-state index in [2.05, 4.69) is 26.1 Å². The van der Waals surface area contributed by atoms with Crippen LogP contribution in [0.1, 0.15) is 5.56 Å². The second-order valence-electron chi connectivity index (χ2n) is 3.42. The topological polar surface area (TPSA) is 71.5 Å². The normalized spacial score (nSPS) is 11.5. The first kappa shape index (κ1) is 12.9. The molecule has 92 valence electrons. The molecule has 1 heterocycles. The number of pyridine rings is 1. The van der Waals surface area contributed by atoms with Gasteiger partial charge < -0.3 is 10.9 Å². The third-order valence-electron chi connectivity index (χ3n) is 2.19. The molecule has 0 saturated carbocycles. The average Bonchev–Trinajstić information content (AvgIpc) is 2.38. The Morgan fingerprint density at radius 3 is 2.94 bits per heavy atom. The van der Waals surface area contributed by atoms with Crippen LogP contribution in [-0.4, -0.2) is 16.0 Å². The average molecular weight is 324 g/mol. The summed E-state index contributed by atoms with van der Waals surface area (Å²) < 4.78 is 1.00. The Bertz CT molecular complexity index is 589. The minimum atomic E-state index is 0.0786. The van der Waals surface area contributed by atoms with Crippen LogP contribution in [0.15, 0.2) is 62.1 Å². The molecule has 0 saturated heterocycles. The van der Waals surface area contributed by atoms with E-state index in [4.69, 9.17) is 10.9 Å². The molecule has 0 aliphatic rings. The first-order chi connectivity index (χ1) is 8.70. The summed E-state index contributed by atoms with van der Waals surface area (Å²) in [5, 5.41) is 11.8. The third-order valence-corrected chi connectivity index (χ3v) is 3.72. The van der Waals surface area contributed by atoms with Gasteiger partial charge in [-0.25, -0.2) is 0 Å². The predicted molar refractivity (Wildman–Crippen MR) is 75.0 cm³/mol. The van der Waals surface area contributed by atoms with Crippen molar-refractivity contribution >= 4 is 33.5 Å². The second-order valence-corrected chi connectivity index (χ2v) is 5.45. The molecule has 18 heavy (non-hydrogen) atoms. The quantitative estimate of drug-likeness (QED) is 0.394. The molecule has 0 aliphatic carbocycles. The molecule has 0 atom stereocenters. The Labute approximate surface area is 117 Å². The van der Waals surface area contributed by atoms with Gasteiger partial charge in [-0.15, -0.1) is 0 Å². The molecule has 6 heteroatoms. The van der Waals surface area contributed by atoms with E-state index in [-0.39, 0.29) is 5.84 Å². The first-order valence-electron chi connectivity index (χ1n) is 5.06. The lowest BCUT2D eigenvalue weighted by Gasteiger charge is -2.07. The van der Waals surface area contributed by atoms with Crippen LogP contribution in [0.2, 0.25) is 0 Å². The predicted octanol–water partition coefficient (Wildman–Crippen LogP) is 3.09. The number of hydrogen-bond donors (Lipinski definition) is 2. The van der Waals surface area contributed by atoms with Crippen molar-refractivity contribution in [3.8, 4) is 0 Å². The van der Waals surface area contributed by atoms with E-state index in [1.807, 2.05) is 24.3 Å². The maximum Gasteiger partial charge on any atom is 0.171 e. The molecule has 1 aromatic carbocycles. The smallest absolute Gasteiger partial charge is 0.171 e. The molecule has 2 aromatic rings. The first-order valence-corrected chi connectivity index (χ1v) is 6.67. The molecule has 2 rings (SSSR count). The number of rotatable bonds is 3. The number of aromatic nitrogens is 1. The minimum absolute atomic E-state index is 0.0786. The van der Waals surface area contributed by atoms with Crippen LogP contribution < -0.4 is 5.73 Å². The molecule has 4 nitrogen and oxygen atoms in total. The summed E-state index contributed by atoms with van der Waals surface area (Å²) in [5.41, 5.74) is 6.29. The van der Waals surface area contributed by atoms with Crippen molar-refractivity contribution in [1.29, 1.82) is 0 Å². The van der Waals surface area contributed by atoms with Gasteiger partial charge in [-0.3, -0.25) is 4.98 Å². The number of oxime groups is 1. The summed E-state index contributed by atoms with van der Waals surface area (Å²) in [6, 6.07) is 9.60. The zero-order chi connectivity index (χ0) is 13.0. The zero-order valence-electron chi connectivity index (χ0n) is 9.25. The van der Waals surface area contributed by atoms with E-state index in [9.17, 15) is 0 Å². The van der Waals surface area contributed by atoms with Gasteiger partial charge in [-0.1, -0.05) is 38.9 Å². The molecule has 0 radical (unpaired) electrons. The Hall–Kier alpha value is -1.53. The molecule has 0 unspecified atom stereocenters. The maximum atomic E-state index is 8.75. The van der Waals surface area contributed by atoms with Crippen molar-refractivity contribution in [2.45, 2.75) is 9.79 Å². The van der Waals surface area contributed by atoms with Gasteiger partial charge in [-0.05, 0) is 24.3 Å². The van der Waals surface area contributed by atoms with Gasteiger partial charge in [0.25, 0.3) is 0 Å². The molecule has 3 N–H and O–H groups in total. The minimum Gasteiger partial charge on any atom is -0.409 e. The molecule has 0 amide bonds. The monoisotopic (exact) mass is 323 g/mol. The molecular weight excluding hydrogens is 314 g/mol. The summed E-state index contributed by atoms with van der Waals surface area (Å²) in [6.07, 6.45) is 3.30. The lowest BCUT2D eigenvalue weighted by atomic mass is 10.2. The SMILES string of the molecule is NC(=NO)c1ccncc1Sc1cccc(Br)c1. The van der Waals surface area contributed by atoms with Crippen molar-refractivity contribution in [2.24, 2.45) is 10.9 Å². The standard InChI is InChI=1S/C12H10BrN3OS/c13-8-2-1-3-9(6-8)18-11-7-15-5-4-10(11)12(14)16-17/h1-7,17H,(H2,14,16). The van der Waals surface area contributed by atoms with E-state index in [0.717, 1.165) is 14.3 Å². The van der Waals surface area contributed by atoms with Crippen molar-refractivity contribution < 1.29 is 5.21 Å². The van der Waals surface area contributed by atoms with Crippen molar-refractivity contribution in [3.05, 3.63) is 52.8 Å². The van der Waals surface area contributed by atoms with E-state index < -0.39 is 0 Å². The Kier molecular flexibility index (Phi) is 4.22.